The largest absolute Gasteiger partial charge is 0.497 e. The molecular formula is C24H24Cl2N4O4. The summed E-state index contributed by atoms with van der Waals surface area (Å²) in [6, 6.07) is 14.3. The van der Waals surface area contributed by atoms with E-state index in [9.17, 15) is 9.59 Å². The Hall–Kier alpha value is -3.23. The number of aromatic nitrogens is 2. The molecule has 1 aliphatic rings. The maximum atomic E-state index is 13.6. The summed E-state index contributed by atoms with van der Waals surface area (Å²) in [5, 5.41) is 5.48. The third-order valence-corrected chi connectivity index (χ3v) is 6.27. The molecule has 2 amide bonds. The average molecular weight is 503 g/mol. The summed E-state index contributed by atoms with van der Waals surface area (Å²) in [5.41, 5.74) is 2.40. The summed E-state index contributed by atoms with van der Waals surface area (Å²) in [6.07, 6.45) is -0.365. The van der Waals surface area contributed by atoms with Gasteiger partial charge in [0.1, 0.15) is 11.4 Å². The fraction of sp³-hybridized carbons (Fsp3) is 0.292. The van der Waals surface area contributed by atoms with Crippen LogP contribution in [0.1, 0.15) is 17.4 Å². The second-order valence-electron chi connectivity index (χ2n) is 7.64. The lowest BCUT2D eigenvalue weighted by molar-refractivity contribution is 0.0563. The number of piperazine rings is 1. The summed E-state index contributed by atoms with van der Waals surface area (Å²) < 4.78 is 12.0. The van der Waals surface area contributed by atoms with Crippen molar-refractivity contribution in [2.75, 3.05) is 39.9 Å². The zero-order valence-corrected chi connectivity index (χ0v) is 20.3. The molecule has 0 unspecified atom stereocenters. The summed E-state index contributed by atoms with van der Waals surface area (Å²) in [4.78, 5) is 28.9. The van der Waals surface area contributed by atoms with E-state index in [0.717, 1.165) is 5.56 Å². The molecule has 0 radical (unpaired) electrons. The van der Waals surface area contributed by atoms with Gasteiger partial charge in [-0.25, -0.2) is 9.48 Å². The van der Waals surface area contributed by atoms with E-state index < -0.39 is 0 Å². The lowest BCUT2D eigenvalue weighted by Crippen LogP contribution is -2.51. The first-order valence-electron chi connectivity index (χ1n) is 10.8. The Kier molecular flexibility index (Phi) is 7.29. The highest BCUT2D eigenvalue weighted by Gasteiger charge is 2.28. The number of ether oxygens (including phenoxy) is 2. The fourth-order valence-electron chi connectivity index (χ4n) is 3.74. The molecule has 178 valence electrons. The molecule has 8 nitrogen and oxygen atoms in total. The molecule has 10 heteroatoms. The van der Waals surface area contributed by atoms with Gasteiger partial charge in [0.25, 0.3) is 5.91 Å². The molecule has 2 aromatic carbocycles. The maximum Gasteiger partial charge on any atom is 0.409 e. The zero-order chi connectivity index (χ0) is 24.2. The molecule has 3 aromatic rings. The number of methoxy groups -OCH3 is 1. The molecule has 4 rings (SSSR count). The Balaban J connectivity index is 1.67. The number of carbonyl (C=O) groups excluding carboxylic acids is 2. The van der Waals surface area contributed by atoms with Crippen LogP contribution in [-0.4, -0.2) is 71.5 Å². The SMILES string of the molecule is CCOC(=O)N1CCN(C(=O)c2cc(-c3cccc(OC)c3)nn2-c2ccc(Cl)c(Cl)c2)CC1. The van der Waals surface area contributed by atoms with Gasteiger partial charge in [-0.05, 0) is 43.3 Å². The van der Waals surface area contributed by atoms with E-state index in [-0.39, 0.29) is 12.0 Å². The van der Waals surface area contributed by atoms with E-state index in [0.29, 0.717) is 65.7 Å². The van der Waals surface area contributed by atoms with Crippen LogP contribution in [0, 0.1) is 0 Å². The van der Waals surface area contributed by atoms with Crippen molar-refractivity contribution in [2.24, 2.45) is 0 Å². The smallest absolute Gasteiger partial charge is 0.409 e. The predicted octanol–water partition coefficient (Wildman–Crippen LogP) is 4.77. The Bertz CT molecular complexity index is 1210. The quantitative estimate of drug-likeness (QED) is 0.502. The van der Waals surface area contributed by atoms with Crippen molar-refractivity contribution in [1.82, 2.24) is 19.6 Å². The van der Waals surface area contributed by atoms with Gasteiger partial charge in [0.05, 0.1) is 35.1 Å². The van der Waals surface area contributed by atoms with Crippen LogP contribution in [0.4, 0.5) is 4.79 Å². The van der Waals surface area contributed by atoms with Crippen molar-refractivity contribution in [3.05, 3.63) is 64.3 Å². The third kappa shape index (κ3) is 4.98. The highest BCUT2D eigenvalue weighted by atomic mass is 35.5. The Morgan fingerprint density at radius 3 is 2.38 bits per heavy atom. The van der Waals surface area contributed by atoms with Gasteiger partial charge in [-0.3, -0.25) is 4.79 Å². The van der Waals surface area contributed by atoms with E-state index in [1.54, 1.807) is 52.8 Å². The minimum atomic E-state index is -0.365. The molecule has 0 atom stereocenters. The maximum absolute atomic E-state index is 13.6. The van der Waals surface area contributed by atoms with Crippen LogP contribution < -0.4 is 4.74 Å². The number of benzene rings is 2. The van der Waals surface area contributed by atoms with Crippen LogP contribution in [-0.2, 0) is 4.74 Å². The van der Waals surface area contributed by atoms with E-state index >= 15 is 0 Å². The van der Waals surface area contributed by atoms with Crippen LogP contribution in [0.3, 0.4) is 0 Å². The Morgan fingerprint density at radius 1 is 0.971 bits per heavy atom. The first-order chi connectivity index (χ1) is 16.4. The van der Waals surface area contributed by atoms with E-state index in [2.05, 4.69) is 0 Å². The highest BCUT2D eigenvalue weighted by Crippen LogP contribution is 2.29. The summed E-state index contributed by atoms with van der Waals surface area (Å²) >= 11 is 12.3. The molecule has 0 spiro atoms. The van der Waals surface area contributed by atoms with Crippen LogP contribution in [0.5, 0.6) is 5.75 Å². The molecule has 0 N–H and O–H groups in total. The van der Waals surface area contributed by atoms with Crippen molar-refractivity contribution in [2.45, 2.75) is 6.92 Å². The predicted molar refractivity (Wildman–Crippen MR) is 130 cm³/mol. The molecule has 0 bridgehead atoms. The van der Waals surface area contributed by atoms with Crippen molar-refractivity contribution in [1.29, 1.82) is 0 Å². The van der Waals surface area contributed by atoms with Gasteiger partial charge in [-0.2, -0.15) is 5.10 Å². The molecule has 2 heterocycles. The van der Waals surface area contributed by atoms with Crippen LogP contribution in [0.15, 0.2) is 48.5 Å². The minimum absolute atomic E-state index is 0.198. The minimum Gasteiger partial charge on any atom is -0.497 e. The van der Waals surface area contributed by atoms with Crippen LogP contribution in [0.2, 0.25) is 10.0 Å². The van der Waals surface area contributed by atoms with Gasteiger partial charge >= 0.3 is 6.09 Å². The van der Waals surface area contributed by atoms with Gasteiger partial charge in [0.15, 0.2) is 0 Å². The third-order valence-electron chi connectivity index (χ3n) is 5.53. The van der Waals surface area contributed by atoms with E-state index in [1.165, 1.54) is 0 Å². The monoisotopic (exact) mass is 502 g/mol. The molecule has 0 saturated carbocycles. The standard InChI is InChI=1S/C24H24Cl2N4O4/c1-3-34-24(32)29-11-9-28(10-12-29)23(31)22-15-21(16-5-4-6-18(13-16)33-2)27-30(22)17-7-8-19(25)20(26)14-17/h4-8,13-15H,3,9-12H2,1-2H3. The Morgan fingerprint density at radius 2 is 1.71 bits per heavy atom. The van der Waals surface area contributed by atoms with Crippen molar-refractivity contribution in [3.63, 3.8) is 0 Å². The number of carbonyl (C=O) groups is 2. The molecule has 34 heavy (non-hydrogen) atoms. The summed E-state index contributed by atoms with van der Waals surface area (Å²) in [7, 11) is 1.60. The van der Waals surface area contributed by atoms with Gasteiger partial charge in [0, 0.05) is 31.7 Å². The fourth-order valence-corrected chi connectivity index (χ4v) is 4.03. The van der Waals surface area contributed by atoms with Gasteiger partial charge < -0.3 is 19.3 Å². The lowest BCUT2D eigenvalue weighted by atomic mass is 10.1. The molecule has 1 fully saturated rings. The molecule has 1 aliphatic heterocycles. The lowest BCUT2D eigenvalue weighted by Gasteiger charge is -2.34. The van der Waals surface area contributed by atoms with Crippen LogP contribution >= 0.6 is 23.2 Å². The van der Waals surface area contributed by atoms with E-state index in [4.69, 9.17) is 37.8 Å². The van der Waals surface area contributed by atoms with Crippen molar-refractivity contribution >= 4 is 35.2 Å². The Labute approximate surface area is 207 Å². The van der Waals surface area contributed by atoms with Crippen LogP contribution in [0.25, 0.3) is 16.9 Å². The van der Waals surface area contributed by atoms with Crippen molar-refractivity contribution in [3.8, 4) is 22.7 Å². The highest BCUT2D eigenvalue weighted by molar-refractivity contribution is 6.42. The molecule has 0 aliphatic carbocycles. The number of hydrogen-bond donors (Lipinski definition) is 0. The first kappa shape index (κ1) is 23.9. The first-order valence-corrected chi connectivity index (χ1v) is 11.6. The average Bonchev–Trinajstić information content (AvgIpc) is 3.31. The topological polar surface area (TPSA) is 76.9 Å². The number of nitrogens with zero attached hydrogens (tertiary/aromatic N) is 4. The van der Waals surface area contributed by atoms with Crippen molar-refractivity contribution < 1.29 is 19.1 Å². The van der Waals surface area contributed by atoms with Gasteiger partial charge in [0.2, 0.25) is 0 Å². The van der Waals surface area contributed by atoms with Gasteiger partial charge in [-0.1, -0.05) is 35.3 Å². The van der Waals surface area contributed by atoms with E-state index in [1.807, 2.05) is 24.3 Å². The summed E-state index contributed by atoms with van der Waals surface area (Å²) in [5.74, 6) is 0.487. The number of halogens is 2. The number of hydrogen-bond acceptors (Lipinski definition) is 5. The summed E-state index contributed by atoms with van der Waals surface area (Å²) in [6.45, 7) is 3.65. The molecule has 1 aromatic heterocycles. The molecule has 1 saturated heterocycles. The number of rotatable bonds is 5. The molecular weight excluding hydrogens is 479 g/mol. The van der Waals surface area contributed by atoms with Gasteiger partial charge in [-0.15, -0.1) is 0 Å². The number of amides is 2. The second kappa shape index (κ2) is 10.4. The second-order valence-corrected chi connectivity index (χ2v) is 8.45. The zero-order valence-electron chi connectivity index (χ0n) is 18.8. The normalized spacial score (nSPS) is 13.6.